The number of ether oxygens (including phenoxy) is 2. The van der Waals surface area contributed by atoms with Crippen LogP contribution in [0.25, 0.3) is 0 Å². The third-order valence-corrected chi connectivity index (χ3v) is 3.97. The first-order chi connectivity index (χ1) is 12.1. The molecule has 0 radical (unpaired) electrons. The Labute approximate surface area is 167 Å². The van der Waals surface area contributed by atoms with E-state index in [1.807, 2.05) is 24.3 Å². The number of hydrogen-bond acceptors (Lipinski definition) is 5. The third kappa shape index (κ3) is 9.02. The van der Waals surface area contributed by atoms with Crippen LogP contribution in [0.5, 0.6) is 0 Å². The summed E-state index contributed by atoms with van der Waals surface area (Å²) in [6, 6.07) is 6.80. The van der Waals surface area contributed by atoms with E-state index in [1.165, 1.54) is 7.11 Å². The van der Waals surface area contributed by atoms with Crippen molar-refractivity contribution >= 4 is 40.6 Å². The second-order valence-corrected chi connectivity index (χ2v) is 7.90. The average Bonchev–Trinajstić information content (AvgIpc) is 2.55. The standard InChI is InChI=1S/C18H25IN2O5/c1-18(2,3)26-17(24)21-14(9-10-15(22)25-4)16(23)20-11-12-5-7-13(19)8-6-12/h5-8,14H,9-11H2,1-4H3,(H,20,23)(H,21,24). The third-order valence-electron chi connectivity index (χ3n) is 3.25. The summed E-state index contributed by atoms with van der Waals surface area (Å²) in [5, 5.41) is 5.28. The highest BCUT2D eigenvalue weighted by atomic mass is 127. The fourth-order valence-corrected chi connectivity index (χ4v) is 2.36. The Morgan fingerprint density at radius 2 is 1.77 bits per heavy atom. The summed E-state index contributed by atoms with van der Waals surface area (Å²) in [4.78, 5) is 35.8. The number of amides is 2. The van der Waals surface area contributed by atoms with E-state index in [2.05, 4.69) is 38.0 Å². The number of methoxy groups -OCH3 is 1. The van der Waals surface area contributed by atoms with Crippen LogP contribution in [0.1, 0.15) is 39.2 Å². The molecular weight excluding hydrogens is 451 g/mol. The number of carbonyl (C=O) groups excluding carboxylic acids is 3. The Bertz CT molecular complexity index is 625. The molecule has 0 saturated carbocycles. The molecule has 1 aromatic rings. The normalized spacial score (nSPS) is 12.0. The van der Waals surface area contributed by atoms with E-state index in [9.17, 15) is 14.4 Å². The van der Waals surface area contributed by atoms with Gasteiger partial charge in [0.05, 0.1) is 7.11 Å². The van der Waals surface area contributed by atoms with Gasteiger partial charge in [0.2, 0.25) is 5.91 Å². The lowest BCUT2D eigenvalue weighted by Crippen LogP contribution is -2.48. The lowest BCUT2D eigenvalue weighted by atomic mass is 10.1. The van der Waals surface area contributed by atoms with Gasteiger partial charge in [0.15, 0.2) is 0 Å². The predicted molar refractivity (Wildman–Crippen MR) is 105 cm³/mol. The SMILES string of the molecule is COC(=O)CCC(NC(=O)OC(C)(C)C)C(=O)NCc1ccc(I)cc1. The first kappa shape index (κ1) is 22.2. The Morgan fingerprint density at radius 3 is 2.31 bits per heavy atom. The summed E-state index contributed by atoms with van der Waals surface area (Å²) >= 11 is 2.20. The van der Waals surface area contributed by atoms with Gasteiger partial charge in [-0.05, 0) is 67.5 Å². The van der Waals surface area contributed by atoms with Crippen LogP contribution in [0.15, 0.2) is 24.3 Å². The maximum Gasteiger partial charge on any atom is 0.408 e. The average molecular weight is 476 g/mol. The van der Waals surface area contributed by atoms with Crippen molar-refractivity contribution in [3.63, 3.8) is 0 Å². The first-order valence-electron chi connectivity index (χ1n) is 8.19. The predicted octanol–water partition coefficient (Wildman–Crippen LogP) is 2.75. The summed E-state index contributed by atoms with van der Waals surface area (Å²) in [7, 11) is 1.27. The molecule has 1 atom stereocenters. The van der Waals surface area contributed by atoms with Gasteiger partial charge in [0.25, 0.3) is 0 Å². The molecule has 2 amide bonds. The molecule has 2 N–H and O–H groups in total. The van der Waals surface area contributed by atoms with Gasteiger partial charge in [-0.3, -0.25) is 9.59 Å². The van der Waals surface area contributed by atoms with Crippen molar-refractivity contribution in [1.82, 2.24) is 10.6 Å². The molecule has 7 nitrogen and oxygen atoms in total. The minimum atomic E-state index is -0.896. The second-order valence-electron chi connectivity index (χ2n) is 6.66. The highest BCUT2D eigenvalue weighted by Gasteiger charge is 2.25. The van der Waals surface area contributed by atoms with Crippen LogP contribution in [0.3, 0.4) is 0 Å². The lowest BCUT2D eigenvalue weighted by molar-refractivity contribution is -0.141. The van der Waals surface area contributed by atoms with Gasteiger partial charge in [-0.1, -0.05) is 12.1 Å². The largest absolute Gasteiger partial charge is 0.469 e. The maximum absolute atomic E-state index is 12.5. The number of rotatable bonds is 7. The van der Waals surface area contributed by atoms with Crippen LogP contribution in [-0.2, 0) is 25.6 Å². The van der Waals surface area contributed by atoms with E-state index < -0.39 is 29.6 Å². The smallest absolute Gasteiger partial charge is 0.408 e. The molecule has 26 heavy (non-hydrogen) atoms. The number of esters is 1. The second kappa shape index (κ2) is 10.3. The summed E-state index contributed by atoms with van der Waals surface area (Å²) in [6.07, 6.45) is -0.588. The van der Waals surface area contributed by atoms with Crippen LogP contribution in [0.2, 0.25) is 0 Å². The summed E-state index contributed by atoms with van der Waals surface area (Å²) in [5.74, 6) is -0.843. The summed E-state index contributed by atoms with van der Waals surface area (Å²) in [5.41, 5.74) is 0.247. The van der Waals surface area contributed by atoms with Crippen LogP contribution in [0, 0.1) is 3.57 Å². The maximum atomic E-state index is 12.5. The number of halogens is 1. The van der Waals surface area contributed by atoms with Gasteiger partial charge < -0.3 is 20.1 Å². The van der Waals surface area contributed by atoms with Crippen LogP contribution < -0.4 is 10.6 Å². The molecule has 1 aromatic carbocycles. The minimum absolute atomic E-state index is 0.00785. The van der Waals surface area contributed by atoms with Crippen LogP contribution in [0.4, 0.5) is 4.79 Å². The van der Waals surface area contributed by atoms with Crippen molar-refractivity contribution in [3.8, 4) is 0 Å². The molecule has 0 bridgehead atoms. The van der Waals surface area contributed by atoms with Crippen molar-refractivity contribution in [3.05, 3.63) is 33.4 Å². The molecule has 144 valence electrons. The van der Waals surface area contributed by atoms with Gasteiger partial charge in [-0.25, -0.2) is 4.79 Å². The molecule has 1 unspecified atom stereocenters. The van der Waals surface area contributed by atoms with E-state index in [1.54, 1.807) is 20.8 Å². The molecule has 0 aliphatic carbocycles. The van der Waals surface area contributed by atoms with E-state index in [-0.39, 0.29) is 12.8 Å². The quantitative estimate of drug-likeness (QED) is 0.467. The number of nitrogens with one attached hydrogen (secondary N) is 2. The van der Waals surface area contributed by atoms with Crippen molar-refractivity contribution < 1.29 is 23.9 Å². The highest BCUT2D eigenvalue weighted by Crippen LogP contribution is 2.09. The van der Waals surface area contributed by atoms with E-state index in [4.69, 9.17) is 4.74 Å². The van der Waals surface area contributed by atoms with Crippen molar-refractivity contribution in [1.29, 1.82) is 0 Å². The summed E-state index contributed by atoms with van der Waals surface area (Å²) in [6.45, 7) is 5.51. The number of benzene rings is 1. The van der Waals surface area contributed by atoms with Gasteiger partial charge in [0.1, 0.15) is 11.6 Å². The molecule has 0 aliphatic rings. The Balaban J connectivity index is 2.68. The molecule has 1 rings (SSSR count). The molecular formula is C18H25IN2O5. The van der Waals surface area contributed by atoms with Gasteiger partial charge in [-0.15, -0.1) is 0 Å². The van der Waals surface area contributed by atoms with Gasteiger partial charge in [-0.2, -0.15) is 0 Å². The summed E-state index contributed by atoms with van der Waals surface area (Å²) < 4.78 is 10.9. The van der Waals surface area contributed by atoms with E-state index in [0.717, 1.165) is 9.13 Å². The fourth-order valence-electron chi connectivity index (χ4n) is 2.00. The Morgan fingerprint density at radius 1 is 1.15 bits per heavy atom. The van der Waals surface area contributed by atoms with Gasteiger partial charge >= 0.3 is 12.1 Å². The number of carbonyl (C=O) groups is 3. The highest BCUT2D eigenvalue weighted by molar-refractivity contribution is 14.1. The lowest BCUT2D eigenvalue weighted by Gasteiger charge is -2.23. The molecule has 0 fully saturated rings. The fraction of sp³-hybridized carbons (Fsp3) is 0.500. The molecule has 8 heteroatoms. The molecule has 0 heterocycles. The monoisotopic (exact) mass is 476 g/mol. The zero-order chi connectivity index (χ0) is 19.7. The van der Waals surface area contributed by atoms with Gasteiger partial charge in [0, 0.05) is 16.5 Å². The Kier molecular flexibility index (Phi) is 8.83. The van der Waals surface area contributed by atoms with Crippen molar-refractivity contribution in [2.75, 3.05) is 7.11 Å². The number of alkyl carbamates (subject to hydrolysis) is 1. The zero-order valence-electron chi connectivity index (χ0n) is 15.4. The molecule has 0 spiro atoms. The molecule has 0 saturated heterocycles. The van der Waals surface area contributed by atoms with Crippen molar-refractivity contribution in [2.24, 2.45) is 0 Å². The van der Waals surface area contributed by atoms with Crippen LogP contribution in [-0.4, -0.2) is 36.7 Å². The van der Waals surface area contributed by atoms with E-state index >= 15 is 0 Å². The van der Waals surface area contributed by atoms with E-state index in [0.29, 0.717) is 6.54 Å². The zero-order valence-corrected chi connectivity index (χ0v) is 17.6. The first-order valence-corrected chi connectivity index (χ1v) is 9.27. The molecule has 0 aromatic heterocycles. The minimum Gasteiger partial charge on any atom is -0.469 e. The number of hydrogen-bond donors (Lipinski definition) is 2. The Hall–Kier alpha value is -1.84. The van der Waals surface area contributed by atoms with Crippen molar-refractivity contribution in [2.45, 2.75) is 51.8 Å². The molecule has 0 aliphatic heterocycles. The van der Waals surface area contributed by atoms with Crippen LogP contribution >= 0.6 is 22.6 Å². The topological polar surface area (TPSA) is 93.7 Å².